The number of rotatable bonds is 8. The van der Waals surface area contributed by atoms with Crippen LogP contribution in [0.2, 0.25) is 25.7 Å². The monoisotopic (exact) mass is 402 g/mol. The van der Waals surface area contributed by atoms with E-state index >= 15 is 0 Å². The highest BCUT2D eigenvalue weighted by Crippen LogP contribution is 2.27. The molecule has 5 nitrogen and oxygen atoms in total. The minimum absolute atomic E-state index is 0.168. The molecule has 138 valence electrons. The van der Waals surface area contributed by atoms with Gasteiger partial charge in [-0.15, -0.1) is 0 Å². The molecule has 1 aromatic carbocycles. The van der Waals surface area contributed by atoms with Crippen molar-refractivity contribution in [3.8, 4) is 0 Å². The van der Waals surface area contributed by atoms with Gasteiger partial charge in [-0.05, 0) is 42.2 Å². The van der Waals surface area contributed by atoms with Gasteiger partial charge in [-0.1, -0.05) is 25.7 Å². The number of sulfonamides is 1. The normalized spacial score (nSPS) is 12.4. The van der Waals surface area contributed by atoms with Gasteiger partial charge in [0.15, 0.2) is 0 Å². The standard InChI is InChI=1S/C16H23FN2O3S2Si/c1-13-5-6-15(17)16(9-13)24(20,21)19(14-10-18-23-11-14)12-22-7-8-25(2,3)4/h5-6,9-11H,7-8,12H2,1-4H3. The van der Waals surface area contributed by atoms with Crippen LogP contribution in [0.15, 0.2) is 34.7 Å². The number of aryl methyl sites for hydroxylation is 1. The molecule has 0 N–H and O–H groups in total. The smallest absolute Gasteiger partial charge is 0.269 e. The zero-order valence-electron chi connectivity index (χ0n) is 14.8. The molecular formula is C16H23FN2O3S2Si. The first-order chi connectivity index (χ1) is 11.6. The van der Waals surface area contributed by atoms with Crippen LogP contribution in [0.25, 0.3) is 0 Å². The van der Waals surface area contributed by atoms with Crippen molar-refractivity contribution in [2.45, 2.75) is 37.5 Å². The summed E-state index contributed by atoms with van der Waals surface area (Å²) in [5, 5.41) is 1.60. The van der Waals surface area contributed by atoms with E-state index in [1.807, 2.05) is 0 Å². The van der Waals surface area contributed by atoms with Crippen molar-refractivity contribution >= 4 is 35.3 Å². The Morgan fingerprint density at radius 2 is 2.04 bits per heavy atom. The zero-order valence-corrected chi connectivity index (χ0v) is 17.5. The molecule has 0 fully saturated rings. The molecular weight excluding hydrogens is 379 g/mol. The van der Waals surface area contributed by atoms with Crippen LogP contribution in [0.4, 0.5) is 10.1 Å². The number of anilines is 1. The van der Waals surface area contributed by atoms with Crippen LogP contribution in [-0.4, -0.2) is 34.2 Å². The summed E-state index contributed by atoms with van der Waals surface area (Å²) in [5.74, 6) is -0.777. The zero-order chi connectivity index (χ0) is 18.7. The van der Waals surface area contributed by atoms with Gasteiger partial charge in [0.2, 0.25) is 0 Å². The van der Waals surface area contributed by atoms with Gasteiger partial charge in [0.25, 0.3) is 10.0 Å². The summed E-state index contributed by atoms with van der Waals surface area (Å²) in [7, 11) is -5.37. The molecule has 9 heteroatoms. The Morgan fingerprint density at radius 3 is 2.64 bits per heavy atom. The van der Waals surface area contributed by atoms with E-state index in [2.05, 4.69) is 24.0 Å². The molecule has 0 aliphatic rings. The first-order valence-electron chi connectivity index (χ1n) is 7.87. The Labute approximate surface area is 153 Å². The predicted molar refractivity (Wildman–Crippen MR) is 102 cm³/mol. The first-order valence-corrected chi connectivity index (χ1v) is 13.9. The van der Waals surface area contributed by atoms with Crippen molar-refractivity contribution < 1.29 is 17.5 Å². The summed E-state index contributed by atoms with van der Waals surface area (Å²) >= 11 is 1.13. The second kappa shape index (κ2) is 7.94. The van der Waals surface area contributed by atoms with Gasteiger partial charge >= 0.3 is 0 Å². The molecule has 2 aromatic rings. The van der Waals surface area contributed by atoms with Crippen molar-refractivity contribution in [3.05, 3.63) is 41.2 Å². The quantitative estimate of drug-likeness (QED) is 0.379. The lowest BCUT2D eigenvalue weighted by atomic mass is 10.2. The van der Waals surface area contributed by atoms with Crippen LogP contribution in [0.5, 0.6) is 0 Å². The van der Waals surface area contributed by atoms with Crippen LogP contribution in [0.3, 0.4) is 0 Å². The highest BCUT2D eigenvalue weighted by atomic mass is 32.2. The third kappa shape index (κ3) is 5.34. The average molecular weight is 403 g/mol. The van der Waals surface area contributed by atoms with E-state index in [1.54, 1.807) is 12.3 Å². The maximum atomic E-state index is 14.2. The van der Waals surface area contributed by atoms with E-state index in [1.165, 1.54) is 24.4 Å². The van der Waals surface area contributed by atoms with Crippen molar-refractivity contribution in [2.24, 2.45) is 0 Å². The van der Waals surface area contributed by atoms with Gasteiger partial charge in [0.1, 0.15) is 17.4 Å². The average Bonchev–Trinajstić information content (AvgIpc) is 3.02. The molecule has 1 heterocycles. The Kier molecular flexibility index (Phi) is 6.36. The Balaban J connectivity index is 2.27. The number of aromatic nitrogens is 1. The van der Waals surface area contributed by atoms with Gasteiger partial charge in [-0.2, -0.15) is 4.37 Å². The second-order valence-corrected chi connectivity index (χ2v) is 15.1. The highest BCUT2D eigenvalue weighted by molar-refractivity contribution is 7.92. The summed E-state index contributed by atoms with van der Waals surface area (Å²) in [5.41, 5.74) is 1.04. The van der Waals surface area contributed by atoms with Crippen molar-refractivity contribution in [1.29, 1.82) is 0 Å². The van der Waals surface area contributed by atoms with Crippen molar-refractivity contribution in [2.75, 3.05) is 17.6 Å². The maximum absolute atomic E-state index is 14.2. The lowest BCUT2D eigenvalue weighted by Gasteiger charge is -2.24. The van der Waals surface area contributed by atoms with E-state index in [0.717, 1.165) is 21.9 Å². The number of hydrogen-bond acceptors (Lipinski definition) is 5. The minimum Gasteiger partial charge on any atom is -0.360 e. The van der Waals surface area contributed by atoms with Crippen LogP contribution in [-0.2, 0) is 14.8 Å². The Bertz CT molecular complexity index is 805. The minimum atomic E-state index is -4.08. The Hall–Kier alpha value is -1.29. The fourth-order valence-corrected chi connectivity index (χ4v) is 4.88. The molecule has 0 saturated carbocycles. The number of hydrogen-bond donors (Lipinski definition) is 0. The van der Waals surface area contributed by atoms with Crippen LogP contribution >= 0.6 is 11.5 Å². The van der Waals surface area contributed by atoms with Crippen LogP contribution in [0.1, 0.15) is 5.56 Å². The summed E-state index contributed by atoms with van der Waals surface area (Å²) < 4.78 is 50.8. The fourth-order valence-electron chi connectivity index (χ4n) is 2.06. The van der Waals surface area contributed by atoms with E-state index in [0.29, 0.717) is 17.9 Å². The summed E-state index contributed by atoms with van der Waals surface area (Å²) in [6.45, 7) is 8.68. The molecule has 0 unspecified atom stereocenters. The molecule has 0 spiro atoms. The third-order valence-electron chi connectivity index (χ3n) is 3.57. The number of nitrogens with zero attached hydrogens (tertiary/aromatic N) is 2. The summed E-state index contributed by atoms with van der Waals surface area (Å²) in [6.07, 6.45) is 1.44. The molecule has 0 amide bonds. The number of ether oxygens (including phenoxy) is 1. The second-order valence-electron chi connectivity index (χ2n) is 7.02. The molecule has 0 bridgehead atoms. The molecule has 0 saturated heterocycles. The SMILES string of the molecule is Cc1ccc(F)c(S(=O)(=O)N(COCC[Si](C)(C)C)c2cnsc2)c1. The van der Waals surface area contributed by atoms with Gasteiger partial charge in [0, 0.05) is 20.1 Å². The summed E-state index contributed by atoms with van der Waals surface area (Å²) in [4.78, 5) is -0.354. The largest absolute Gasteiger partial charge is 0.360 e. The van der Waals surface area contributed by atoms with Gasteiger partial charge < -0.3 is 4.74 Å². The molecule has 0 radical (unpaired) electrons. The molecule has 1 aromatic heterocycles. The summed E-state index contributed by atoms with van der Waals surface area (Å²) in [6, 6.07) is 4.95. The molecule has 25 heavy (non-hydrogen) atoms. The number of benzene rings is 1. The van der Waals surface area contributed by atoms with Gasteiger partial charge in [-0.3, -0.25) is 0 Å². The topological polar surface area (TPSA) is 59.5 Å². The van der Waals surface area contributed by atoms with Crippen LogP contribution < -0.4 is 4.31 Å². The van der Waals surface area contributed by atoms with Crippen molar-refractivity contribution in [3.63, 3.8) is 0 Å². The maximum Gasteiger partial charge on any atom is 0.269 e. The van der Waals surface area contributed by atoms with Crippen LogP contribution in [0, 0.1) is 12.7 Å². The Morgan fingerprint density at radius 1 is 1.32 bits per heavy atom. The van der Waals surface area contributed by atoms with E-state index in [-0.39, 0.29) is 11.6 Å². The van der Waals surface area contributed by atoms with E-state index in [9.17, 15) is 12.8 Å². The highest BCUT2D eigenvalue weighted by Gasteiger charge is 2.29. The first kappa shape index (κ1) is 20.0. The lowest BCUT2D eigenvalue weighted by molar-refractivity contribution is 0.156. The fraction of sp³-hybridized carbons (Fsp3) is 0.438. The van der Waals surface area contributed by atoms with Gasteiger partial charge in [0.05, 0.1) is 11.9 Å². The molecule has 0 aliphatic heterocycles. The van der Waals surface area contributed by atoms with E-state index in [4.69, 9.17) is 4.74 Å². The molecule has 0 aliphatic carbocycles. The molecule has 2 rings (SSSR count). The molecule has 0 atom stereocenters. The lowest BCUT2D eigenvalue weighted by Crippen LogP contribution is -2.34. The third-order valence-corrected chi connectivity index (χ3v) is 7.61. The van der Waals surface area contributed by atoms with E-state index < -0.39 is 23.9 Å². The van der Waals surface area contributed by atoms with Gasteiger partial charge in [-0.25, -0.2) is 17.1 Å². The number of halogens is 1. The predicted octanol–water partition coefficient (Wildman–Crippen LogP) is 4.10. The van der Waals surface area contributed by atoms with Crippen molar-refractivity contribution in [1.82, 2.24) is 4.37 Å².